The monoisotopic (exact) mass is 507 g/mol. The highest BCUT2D eigenvalue weighted by molar-refractivity contribution is 9.10. The van der Waals surface area contributed by atoms with E-state index in [0.29, 0.717) is 28.8 Å². The molecule has 1 N–H and O–H groups in total. The van der Waals surface area contributed by atoms with Crippen LogP contribution in [0.1, 0.15) is 60.5 Å². The minimum absolute atomic E-state index is 0.142. The maximum Gasteiger partial charge on any atom is 0.341 e. The average molecular weight is 508 g/mol. The summed E-state index contributed by atoms with van der Waals surface area (Å²) in [7, 11) is 0. The number of rotatable bonds is 6. The molecule has 0 spiro atoms. The van der Waals surface area contributed by atoms with Crippen molar-refractivity contribution in [1.29, 1.82) is 0 Å². The molecule has 1 aromatic carbocycles. The van der Waals surface area contributed by atoms with Crippen LogP contribution in [0.4, 0.5) is 5.00 Å². The molecule has 1 heterocycles. The van der Waals surface area contributed by atoms with Crippen molar-refractivity contribution in [1.82, 2.24) is 0 Å². The first-order valence-electron chi connectivity index (χ1n) is 10.6. The molecule has 0 bridgehead atoms. The number of carbonyl (C=O) groups excluding carboxylic acids is 2. The van der Waals surface area contributed by atoms with Crippen molar-refractivity contribution in [2.24, 2.45) is 11.3 Å². The minimum atomic E-state index is -0.369. The van der Waals surface area contributed by atoms with Gasteiger partial charge < -0.3 is 14.8 Å². The molecule has 0 saturated heterocycles. The number of thiophene rings is 1. The van der Waals surface area contributed by atoms with Crippen molar-refractivity contribution in [3.8, 4) is 5.75 Å². The summed E-state index contributed by atoms with van der Waals surface area (Å²) in [4.78, 5) is 26.5. The first kappa shape index (κ1) is 23.8. The molecule has 1 aliphatic carbocycles. The van der Waals surface area contributed by atoms with Gasteiger partial charge in [-0.1, -0.05) is 26.8 Å². The summed E-state index contributed by atoms with van der Waals surface area (Å²) in [5.41, 5.74) is 2.84. The summed E-state index contributed by atoms with van der Waals surface area (Å²) in [6.45, 7) is 10.7. The van der Waals surface area contributed by atoms with Gasteiger partial charge in [-0.05, 0) is 83.6 Å². The van der Waals surface area contributed by atoms with Gasteiger partial charge in [-0.2, -0.15) is 0 Å². The van der Waals surface area contributed by atoms with Crippen molar-refractivity contribution in [3.05, 3.63) is 44.2 Å². The second-order valence-electron chi connectivity index (χ2n) is 9.00. The second kappa shape index (κ2) is 9.74. The molecular weight excluding hydrogens is 478 g/mol. The number of hydrogen-bond donors (Lipinski definition) is 1. The fourth-order valence-corrected chi connectivity index (χ4v) is 5.80. The van der Waals surface area contributed by atoms with Crippen molar-refractivity contribution >= 4 is 44.1 Å². The molecule has 0 aliphatic heterocycles. The summed E-state index contributed by atoms with van der Waals surface area (Å²) in [6.07, 6.45) is 2.76. The Morgan fingerprint density at radius 3 is 2.68 bits per heavy atom. The summed E-state index contributed by atoms with van der Waals surface area (Å²) in [6, 6.07) is 5.69. The lowest BCUT2D eigenvalue weighted by Gasteiger charge is -2.33. The highest BCUT2D eigenvalue weighted by Crippen LogP contribution is 2.44. The molecule has 1 atom stereocenters. The number of halogens is 1. The predicted octanol–water partition coefficient (Wildman–Crippen LogP) is 6.16. The summed E-state index contributed by atoms with van der Waals surface area (Å²) in [5, 5.41) is 3.46. The molecule has 3 rings (SSSR count). The number of amides is 1. The first-order valence-corrected chi connectivity index (χ1v) is 12.2. The van der Waals surface area contributed by atoms with E-state index >= 15 is 0 Å². The number of carbonyl (C=O) groups is 2. The minimum Gasteiger partial charge on any atom is -0.483 e. The third-order valence-electron chi connectivity index (χ3n) is 5.67. The number of benzene rings is 1. The lowest BCUT2D eigenvalue weighted by atomic mass is 9.72. The van der Waals surface area contributed by atoms with Crippen LogP contribution >= 0.6 is 27.3 Å². The number of esters is 1. The van der Waals surface area contributed by atoms with Crippen molar-refractivity contribution in [2.45, 2.75) is 53.9 Å². The normalized spacial score (nSPS) is 15.9. The predicted molar refractivity (Wildman–Crippen MR) is 128 cm³/mol. The van der Waals surface area contributed by atoms with E-state index in [1.165, 1.54) is 16.2 Å². The van der Waals surface area contributed by atoms with Crippen molar-refractivity contribution in [2.75, 3.05) is 18.5 Å². The van der Waals surface area contributed by atoms with Gasteiger partial charge in [0.25, 0.3) is 5.91 Å². The molecule has 2 aromatic rings. The van der Waals surface area contributed by atoms with Crippen LogP contribution in [0.15, 0.2) is 22.7 Å². The van der Waals surface area contributed by atoms with Crippen LogP contribution in [-0.2, 0) is 22.4 Å². The summed E-state index contributed by atoms with van der Waals surface area (Å²) >= 11 is 4.95. The first-order chi connectivity index (χ1) is 14.6. The number of hydrogen-bond acceptors (Lipinski definition) is 5. The molecule has 1 amide bonds. The zero-order valence-electron chi connectivity index (χ0n) is 18.8. The molecule has 7 heteroatoms. The van der Waals surface area contributed by atoms with Crippen LogP contribution in [0.5, 0.6) is 5.75 Å². The van der Waals surface area contributed by atoms with Crippen LogP contribution in [0.25, 0.3) is 0 Å². The SMILES string of the molecule is CCOC(=O)c1c(NC(=O)COc2ccc(C)cc2Br)sc2c1CCC(C(C)(C)C)C2. The third kappa shape index (κ3) is 5.69. The highest BCUT2D eigenvalue weighted by Gasteiger charge is 2.34. The van der Waals surface area contributed by atoms with Crippen molar-refractivity contribution < 1.29 is 19.1 Å². The van der Waals surface area contributed by atoms with Gasteiger partial charge in [0.05, 0.1) is 16.6 Å². The van der Waals surface area contributed by atoms with Crippen LogP contribution in [0, 0.1) is 18.3 Å². The van der Waals surface area contributed by atoms with Gasteiger partial charge in [0.2, 0.25) is 0 Å². The number of aryl methyl sites for hydroxylation is 1. The largest absolute Gasteiger partial charge is 0.483 e. The Balaban J connectivity index is 1.78. The van der Waals surface area contributed by atoms with E-state index in [1.54, 1.807) is 6.92 Å². The van der Waals surface area contributed by atoms with Gasteiger partial charge in [-0.25, -0.2) is 4.79 Å². The smallest absolute Gasteiger partial charge is 0.341 e. The standard InChI is InChI=1S/C24H30BrNO4S/c1-6-29-23(28)21-16-9-8-15(24(3,4)5)12-19(16)31-22(21)26-20(27)13-30-18-10-7-14(2)11-17(18)25/h7,10-11,15H,6,8-9,12-13H2,1-5H3,(H,26,27). The third-order valence-corrected chi connectivity index (χ3v) is 7.46. The number of ether oxygens (including phenoxy) is 2. The van der Waals surface area contributed by atoms with E-state index in [1.807, 2.05) is 25.1 Å². The summed E-state index contributed by atoms with van der Waals surface area (Å²) < 4.78 is 11.8. The fraction of sp³-hybridized carbons (Fsp3) is 0.500. The van der Waals surface area contributed by atoms with E-state index in [4.69, 9.17) is 9.47 Å². The number of nitrogens with one attached hydrogen (secondary N) is 1. The molecule has 5 nitrogen and oxygen atoms in total. The fourth-order valence-electron chi connectivity index (χ4n) is 3.86. The zero-order valence-corrected chi connectivity index (χ0v) is 21.2. The highest BCUT2D eigenvalue weighted by atomic mass is 79.9. The van der Waals surface area contributed by atoms with Gasteiger partial charge >= 0.3 is 5.97 Å². The lowest BCUT2D eigenvalue weighted by molar-refractivity contribution is -0.118. The van der Waals surface area contributed by atoms with E-state index in [-0.39, 0.29) is 23.9 Å². The Labute approximate surface area is 196 Å². The Morgan fingerprint density at radius 2 is 2.03 bits per heavy atom. The molecule has 0 fully saturated rings. The Bertz CT molecular complexity index is 977. The molecular formula is C24H30BrNO4S. The zero-order chi connectivity index (χ0) is 22.8. The maximum atomic E-state index is 12.7. The average Bonchev–Trinajstić information content (AvgIpc) is 3.03. The maximum absolute atomic E-state index is 12.7. The van der Waals surface area contributed by atoms with Gasteiger partial charge in [0.1, 0.15) is 10.8 Å². The number of fused-ring (bicyclic) bond motifs is 1. The van der Waals surface area contributed by atoms with E-state index in [2.05, 4.69) is 42.0 Å². The molecule has 1 aliphatic rings. The van der Waals surface area contributed by atoms with Crippen molar-refractivity contribution in [3.63, 3.8) is 0 Å². The van der Waals surface area contributed by atoms with Crippen LogP contribution in [0.2, 0.25) is 0 Å². The molecule has 1 unspecified atom stereocenters. The molecule has 31 heavy (non-hydrogen) atoms. The Kier molecular flexibility index (Phi) is 7.47. The van der Waals surface area contributed by atoms with Gasteiger partial charge in [0.15, 0.2) is 6.61 Å². The second-order valence-corrected chi connectivity index (χ2v) is 11.0. The van der Waals surface area contributed by atoms with Gasteiger partial charge in [-0.15, -0.1) is 11.3 Å². The topological polar surface area (TPSA) is 64.6 Å². The lowest BCUT2D eigenvalue weighted by Crippen LogP contribution is -2.26. The molecule has 1 aromatic heterocycles. The van der Waals surface area contributed by atoms with Crippen LogP contribution < -0.4 is 10.1 Å². The van der Waals surface area contributed by atoms with Gasteiger partial charge in [-0.3, -0.25) is 4.79 Å². The Morgan fingerprint density at radius 1 is 1.29 bits per heavy atom. The van der Waals surface area contributed by atoms with E-state index in [0.717, 1.165) is 34.9 Å². The van der Waals surface area contributed by atoms with E-state index in [9.17, 15) is 9.59 Å². The molecule has 0 radical (unpaired) electrons. The quantitative estimate of drug-likeness (QED) is 0.475. The van der Waals surface area contributed by atoms with Crippen LogP contribution in [0.3, 0.4) is 0 Å². The molecule has 168 valence electrons. The van der Waals surface area contributed by atoms with Gasteiger partial charge in [0, 0.05) is 4.88 Å². The molecule has 0 saturated carbocycles. The number of anilines is 1. The van der Waals surface area contributed by atoms with E-state index < -0.39 is 0 Å². The Hall–Kier alpha value is -1.86. The summed E-state index contributed by atoms with van der Waals surface area (Å²) in [5.74, 6) is 0.472. The van der Waals surface area contributed by atoms with Crippen LogP contribution in [-0.4, -0.2) is 25.1 Å².